The lowest BCUT2D eigenvalue weighted by Gasteiger charge is -2.35. The second kappa shape index (κ2) is 6.26. The molecule has 0 N–H and O–H groups in total. The minimum atomic E-state index is -0.105. The lowest BCUT2D eigenvalue weighted by Crippen LogP contribution is -2.42. The highest BCUT2D eigenvalue weighted by Gasteiger charge is 2.27. The van der Waals surface area contributed by atoms with Gasteiger partial charge in [0.2, 0.25) is 0 Å². The first kappa shape index (κ1) is 15.7. The van der Waals surface area contributed by atoms with Gasteiger partial charge >= 0.3 is 0 Å². The Bertz CT molecular complexity index is 936. The first-order valence-corrected chi connectivity index (χ1v) is 8.45. The minimum absolute atomic E-state index is 0.105. The molecule has 1 aliphatic rings. The van der Waals surface area contributed by atoms with Gasteiger partial charge in [-0.15, -0.1) is 0 Å². The molecule has 1 aliphatic heterocycles. The summed E-state index contributed by atoms with van der Waals surface area (Å²) in [5.41, 5.74) is 3.11. The molecule has 4 rings (SSSR count). The van der Waals surface area contributed by atoms with Crippen LogP contribution in [0, 0.1) is 0 Å². The summed E-state index contributed by atoms with van der Waals surface area (Å²) in [4.78, 5) is 16.9. The summed E-state index contributed by atoms with van der Waals surface area (Å²) < 4.78 is 1.64. The topological polar surface area (TPSA) is 41.4 Å². The third-order valence-electron chi connectivity index (χ3n) is 4.40. The number of halogens is 1. The molecule has 5 nitrogen and oxygen atoms in total. The maximum atomic E-state index is 13.0. The molecule has 0 saturated heterocycles. The summed E-state index contributed by atoms with van der Waals surface area (Å²) in [7, 11) is 2.03. The summed E-state index contributed by atoms with van der Waals surface area (Å²) in [6.45, 7) is 1.42. The summed E-state index contributed by atoms with van der Waals surface area (Å²) >= 11 is 6.22. The van der Waals surface area contributed by atoms with Crippen molar-refractivity contribution in [2.24, 2.45) is 0 Å². The quantitative estimate of drug-likeness (QED) is 0.707. The number of anilines is 2. The second-order valence-corrected chi connectivity index (χ2v) is 6.37. The van der Waals surface area contributed by atoms with Gasteiger partial charge in [-0.3, -0.25) is 4.79 Å². The van der Waals surface area contributed by atoms with Crippen molar-refractivity contribution < 1.29 is 4.79 Å². The van der Waals surface area contributed by atoms with Crippen LogP contribution in [-0.2, 0) is 0 Å². The van der Waals surface area contributed by atoms with Crippen molar-refractivity contribution in [3.05, 3.63) is 71.5 Å². The smallest absolute Gasteiger partial charge is 0.278 e. The Morgan fingerprint density at radius 1 is 0.960 bits per heavy atom. The highest BCUT2D eigenvalue weighted by molar-refractivity contribution is 6.32. The SMILES string of the molecule is CN1CCN(C(=O)c2ccn(-c3ccccc3Cl)n2)c2ccccc21. The van der Waals surface area contributed by atoms with Crippen molar-refractivity contribution in [3.63, 3.8) is 0 Å². The fraction of sp³-hybridized carbons (Fsp3) is 0.158. The predicted octanol–water partition coefficient (Wildman–Crippen LogP) is 3.62. The number of amides is 1. The predicted molar refractivity (Wildman–Crippen MR) is 100.0 cm³/mol. The van der Waals surface area contributed by atoms with Crippen LogP contribution in [0.25, 0.3) is 5.69 Å². The lowest BCUT2D eigenvalue weighted by molar-refractivity contribution is 0.0981. The van der Waals surface area contributed by atoms with Gasteiger partial charge < -0.3 is 9.80 Å². The van der Waals surface area contributed by atoms with E-state index in [1.54, 1.807) is 27.9 Å². The lowest BCUT2D eigenvalue weighted by atomic mass is 10.1. The monoisotopic (exact) mass is 352 g/mol. The summed E-state index contributed by atoms with van der Waals surface area (Å²) in [5.74, 6) is -0.105. The van der Waals surface area contributed by atoms with Crippen LogP contribution in [-0.4, -0.2) is 35.8 Å². The van der Waals surface area contributed by atoms with Crippen LogP contribution in [0.4, 0.5) is 11.4 Å². The average Bonchev–Trinajstić information content (AvgIpc) is 3.12. The van der Waals surface area contributed by atoms with Crippen LogP contribution in [0.3, 0.4) is 0 Å². The van der Waals surface area contributed by atoms with Crippen LogP contribution in [0.2, 0.25) is 5.02 Å². The molecule has 2 aromatic carbocycles. The Hall–Kier alpha value is -2.79. The Labute approximate surface area is 151 Å². The number of carbonyl (C=O) groups excluding carboxylic acids is 1. The fourth-order valence-electron chi connectivity index (χ4n) is 3.07. The molecule has 0 unspecified atom stereocenters. The maximum absolute atomic E-state index is 13.0. The van der Waals surface area contributed by atoms with Crippen LogP contribution < -0.4 is 9.80 Å². The van der Waals surface area contributed by atoms with Gasteiger partial charge in [0, 0.05) is 26.3 Å². The molecule has 0 atom stereocenters. The molecule has 3 aromatic rings. The van der Waals surface area contributed by atoms with Crippen molar-refractivity contribution in [1.29, 1.82) is 0 Å². The van der Waals surface area contributed by atoms with Crippen molar-refractivity contribution in [2.45, 2.75) is 0 Å². The number of hydrogen-bond acceptors (Lipinski definition) is 3. The Balaban J connectivity index is 1.67. The Morgan fingerprint density at radius 3 is 2.40 bits per heavy atom. The molecule has 0 bridgehead atoms. The maximum Gasteiger partial charge on any atom is 0.278 e. The Morgan fingerprint density at radius 2 is 1.64 bits per heavy atom. The van der Waals surface area contributed by atoms with E-state index in [4.69, 9.17) is 11.6 Å². The molecule has 0 aliphatic carbocycles. The van der Waals surface area contributed by atoms with Gasteiger partial charge in [0.15, 0.2) is 5.69 Å². The van der Waals surface area contributed by atoms with E-state index in [1.165, 1.54) is 0 Å². The van der Waals surface area contributed by atoms with Gasteiger partial charge in [0.25, 0.3) is 5.91 Å². The number of nitrogens with zero attached hydrogens (tertiary/aromatic N) is 4. The van der Waals surface area contributed by atoms with E-state index < -0.39 is 0 Å². The van der Waals surface area contributed by atoms with Gasteiger partial charge in [0.1, 0.15) is 0 Å². The van der Waals surface area contributed by atoms with E-state index in [0.29, 0.717) is 17.3 Å². The third kappa shape index (κ3) is 2.76. The number of carbonyl (C=O) groups is 1. The van der Waals surface area contributed by atoms with E-state index in [1.807, 2.05) is 49.5 Å². The fourth-order valence-corrected chi connectivity index (χ4v) is 3.29. The van der Waals surface area contributed by atoms with Gasteiger partial charge in [-0.1, -0.05) is 35.9 Å². The first-order chi connectivity index (χ1) is 12.1. The van der Waals surface area contributed by atoms with Crippen molar-refractivity contribution >= 4 is 28.9 Å². The van der Waals surface area contributed by atoms with Gasteiger partial charge in [-0.2, -0.15) is 5.10 Å². The molecule has 2 heterocycles. The van der Waals surface area contributed by atoms with Crippen LogP contribution in [0.15, 0.2) is 60.8 Å². The zero-order chi connectivity index (χ0) is 17.4. The summed E-state index contributed by atoms with van der Waals surface area (Å²) in [5, 5.41) is 5.03. The highest BCUT2D eigenvalue weighted by Crippen LogP contribution is 2.32. The van der Waals surface area contributed by atoms with E-state index >= 15 is 0 Å². The van der Waals surface area contributed by atoms with E-state index in [-0.39, 0.29) is 5.91 Å². The summed E-state index contributed by atoms with van der Waals surface area (Å²) in [6, 6.07) is 17.1. The number of hydrogen-bond donors (Lipinski definition) is 0. The third-order valence-corrected chi connectivity index (χ3v) is 4.72. The van der Waals surface area contributed by atoms with Crippen LogP contribution in [0.1, 0.15) is 10.5 Å². The molecule has 1 aromatic heterocycles. The molecular formula is C19H17ClN4O. The number of rotatable bonds is 2. The van der Waals surface area contributed by atoms with Gasteiger partial charge in [-0.25, -0.2) is 4.68 Å². The molecule has 25 heavy (non-hydrogen) atoms. The molecule has 126 valence electrons. The molecule has 0 fully saturated rings. The number of fused-ring (bicyclic) bond motifs is 1. The van der Waals surface area contributed by atoms with Crippen molar-refractivity contribution in [3.8, 4) is 5.69 Å². The van der Waals surface area contributed by atoms with Crippen molar-refractivity contribution in [1.82, 2.24) is 9.78 Å². The summed E-state index contributed by atoms with van der Waals surface area (Å²) in [6.07, 6.45) is 1.76. The van der Waals surface area contributed by atoms with E-state index in [0.717, 1.165) is 23.6 Å². The number of likely N-dealkylation sites (N-methyl/N-ethyl adjacent to an activating group) is 1. The van der Waals surface area contributed by atoms with E-state index in [9.17, 15) is 4.79 Å². The molecule has 6 heteroatoms. The van der Waals surface area contributed by atoms with Gasteiger partial charge in [0.05, 0.1) is 22.1 Å². The van der Waals surface area contributed by atoms with Crippen LogP contribution >= 0.6 is 11.6 Å². The molecular weight excluding hydrogens is 336 g/mol. The average molecular weight is 353 g/mol. The van der Waals surface area contributed by atoms with Crippen LogP contribution in [0.5, 0.6) is 0 Å². The standard InChI is InChI=1S/C19H17ClN4O/c1-22-12-13-23(18-9-5-4-8-17(18)22)19(25)15-10-11-24(21-15)16-7-3-2-6-14(16)20/h2-11H,12-13H2,1H3. The largest absolute Gasteiger partial charge is 0.371 e. The second-order valence-electron chi connectivity index (χ2n) is 5.96. The zero-order valence-electron chi connectivity index (χ0n) is 13.8. The van der Waals surface area contributed by atoms with E-state index in [2.05, 4.69) is 10.00 Å². The normalized spacial score (nSPS) is 13.7. The molecule has 0 spiro atoms. The number of benzene rings is 2. The molecule has 1 amide bonds. The molecule has 0 radical (unpaired) electrons. The first-order valence-electron chi connectivity index (χ1n) is 8.08. The zero-order valence-corrected chi connectivity index (χ0v) is 14.5. The van der Waals surface area contributed by atoms with Gasteiger partial charge in [-0.05, 0) is 30.3 Å². The molecule has 0 saturated carbocycles. The Kier molecular flexibility index (Phi) is 3.93. The minimum Gasteiger partial charge on any atom is -0.371 e. The number of para-hydroxylation sites is 3. The number of aromatic nitrogens is 2. The van der Waals surface area contributed by atoms with Crippen molar-refractivity contribution in [2.75, 3.05) is 29.9 Å². The highest BCUT2D eigenvalue weighted by atomic mass is 35.5.